The number of aromatic nitrogens is 1. The number of rotatable bonds is 5. The molecular weight excluding hydrogens is 371 g/mol. The Bertz CT molecular complexity index is 577. The van der Waals surface area contributed by atoms with Crippen molar-refractivity contribution in [1.29, 1.82) is 0 Å². The van der Waals surface area contributed by atoms with Gasteiger partial charge in [0, 0.05) is 22.5 Å². The Morgan fingerprint density at radius 1 is 1.37 bits per heavy atom. The third kappa shape index (κ3) is 4.07. The molecule has 0 aliphatic heterocycles. The zero-order valence-electron chi connectivity index (χ0n) is 10.0. The lowest BCUT2D eigenvalue weighted by molar-refractivity contribution is 0.302. The van der Waals surface area contributed by atoms with E-state index in [0.29, 0.717) is 22.4 Å². The molecule has 0 radical (unpaired) electrons. The fraction of sp³-hybridized carbons (Fsp3) is 0.250. The average molecular weight is 382 g/mol. The molecule has 1 N–H and O–H groups in total. The minimum Gasteiger partial charge on any atom is -0.486 e. The van der Waals surface area contributed by atoms with Crippen LogP contribution in [0.1, 0.15) is 10.7 Å². The summed E-state index contributed by atoms with van der Waals surface area (Å²) in [6.07, 6.45) is 0. The van der Waals surface area contributed by atoms with Crippen molar-refractivity contribution in [2.24, 2.45) is 0 Å². The number of nitrogens with zero attached hydrogens (tertiary/aromatic N) is 1. The summed E-state index contributed by atoms with van der Waals surface area (Å²) in [6.45, 7) is 1.13. The minimum atomic E-state index is 0.373. The Labute approximate surface area is 134 Å². The van der Waals surface area contributed by atoms with E-state index in [9.17, 15) is 0 Å². The van der Waals surface area contributed by atoms with E-state index in [1.807, 2.05) is 12.4 Å². The van der Waals surface area contributed by atoms with Gasteiger partial charge in [-0.1, -0.05) is 23.2 Å². The fourth-order valence-electron chi connectivity index (χ4n) is 1.41. The number of benzene rings is 1. The molecule has 0 spiro atoms. The highest BCUT2D eigenvalue weighted by Crippen LogP contribution is 2.34. The van der Waals surface area contributed by atoms with Gasteiger partial charge in [-0.15, -0.1) is 11.3 Å². The third-order valence-corrected chi connectivity index (χ3v) is 4.67. The quantitative estimate of drug-likeness (QED) is 0.773. The van der Waals surface area contributed by atoms with E-state index >= 15 is 0 Å². The molecule has 7 heteroatoms. The zero-order chi connectivity index (χ0) is 13.8. The molecule has 2 rings (SSSR count). The highest BCUT2D eigenvalue weighted by Gasteiger charge is 2.08. The summed E-state index contributed by atoms with van der Waals surface area (Å²) in [6, 6.07) is 3.40. The van der Waals surface area contributed by atoms with Crippen molar-refractivity contribution in [3.05, 3.63) is 42.7 Å². The average Bonchev–Trinajstić information content (AvgIpc) is 2.80. The highest BCUT2D eigenvalue weighted by atomic mass is 79.9. The van der Waals surface area contributed by atoms with Gasteiger partial charge in [-0.2, -0.15) is 0 Å². The summed E-state index contributed by atoms with van der Waals surface area (Å²) >= 11 is 17.0. The third-order valence-electron chi connectivity index (χ3n) is 2.28. The smallest absolute Gasteiger partial charge is 0.140 e. The van der Waals surface area contributed by atoms with Gasteiger partial charge >= 0.3 is 0 Å². The van der Waals surface area contributed by atoms with Crippen LogP contribution in [-0.4, -0.2) is 12.0 Å². The van der Waals surface area contributed by atoms with Gasteiger partial charge in [-0.25, -0.2) is 4.98 Å². The minimum absolute atomic E-state index is 0.373. The summed E-state index contributed by atoms with van der Waals surface area (Å²) in [4.78, 5) is 4.43. The number of ether oxygens (including phenoxy) is 1. The van der Waals surface area contributed by atoms with Crippen LogP contribution in [0.25, 0.3) is 0 Å². The van der Waals surface area contributed by atoms with Gasteiger partial charge in [0.15, 0.2) is 0 Å². The largest absolute Gasteiger partial charge is 0.486 e. The van der Waals surface area contributed by atoms with Gasteiger partial charge in [0.05, 0.1) is 15.7 Å². The first kappa shape index (κ1) is 15.1. The fourth-order valence-corrected chi connectivity index (χ4v) is 3.05. The molecule has 0 aliphatic rings. The second-order valence-corrected chi connectivity index (χ2v) is 6.36. The van der Waals surface area contributed by atoms with E-state index in [4.69, 9.17) is 27.9 Å². The van der Waals surface area contributed by atoms with Crippen LogP contribution in [0.5, 0.6) is 5.75 Å². The Kier molecular flexibility index (Phi) is 5.47. The van der Waals surface area contributed by atoms with Crippen LogP contribution in [-0.2, 0) is 13.2 Å². The van der Waals surface area contributed by atoms with Gasteiger partial charge in [-0.3, -0.25) is 0 Å². The van der Waals surface area contributed by atoms with E-state index in [2.05, 4.69) is 26.2 Å². The molecule has 0 saturated carbocycles. The van der Waals surface area contributed by atoms with E-state index in [1.165, 1.54) is 0 Å². The summed E-state index contributed by atoms with van der Waals surface area (Å²) in [5.41, 5.74) is 0.880. The highest BCUT2D eigenvalue weighted by molar-refractivity contribution is 9.10. The van der Waals surface area contributed by atoms with Crippen LogP contribution in [0.4, 0.5) is 0 Å². The molecule has 1 aromatic carbocycles. The summed E-state index contributed by atoms with van der Waals surface area (Å²) in [5, 5.41) is 7.14. The number of nitrogens with one attached hydrogen (secondary N) is 1. The van der Waals surface area contributed by atoms with Crippen LogP contribution in [0.15, 0.2) is 22.0 Å². The molecule has 19 heavy (non-hydrogen) atoms. The number of thiazole rings is 1. The number of halogens is 3. The van der Waals surface area contributed by atoms with Crippen LogP contribution < -0.4 is 10.1 Å². The van der Waals surface area contributed by atoms with Gasteiger partial charge in [0.25, 0.3) is 0 Å². The molecule has 1 heterocycles. The van der Waals surface area contributed by atoms with Crippen LogP contribution in [0.3, 0.4) is 0 Å². The predicted octanol–water partition coefficient (Wildman–Crippen LogP) is 4.51. The Hall–Kier alpha value is -0.330. The zero-order valence-corrected chi connectivity index (χ0v) is 14.0. The Balaban J connectivity index is 2.03. The van der Waals surface area contributed by atoms with Crippen LogP contribution >= 0.6 is 50.5 Å². The molecule has 0 unspecified atom stereocenters. The normalized spacial score (nSPS) is 10.7. The summed E-state index contributed by atoms with van der Waals surface area (Å²) < 4.78 is 6.38. The Morgan fingerprint density at radius 2 is 2.16 bits per heavy atom. The van der Waals surface area contributed by atoms with Crippen LogP contribution in [0, 0.1) is 0 Å². The van der Waals surface area contributed by atoms with Crippen molar-refractivity contribution in [3.8, 4) is 5.75 Å². The van der Waals surface area contributed by atoms with Gasteiger partial charge in [-0.05, 0) is 29.0 Å². The topological polar surface area (TPSA) is 34.2 Å². The molecule has 0 atom stereocenters. The first-order valence-corrected chi connectivity index (χ1v) is 7.88. The molecule has 3 nitrogen and oxygen atoms in total. The predicted molar refractivity (Wildman–Crippen MR) is 83.4 cm³/mol. The Morgan fingerprint density at radius 3 is 2.89 bits per heavy atom. The maximum atomic E-state index is 6.08. The van der Waals surface area contributed by atoms with Crippen LogP contribution in [0.2, 0.25) is 10.0 Å². The molecule has 102 valence electrons. The standard InChI is InChI=1S/C12H11BrCl2N2OS/c1-16-4-12-17-7(6-19-12)5-18-11-3-9(14)8(13)2-10(11)15/h2-3,6,16H,4-5H2,1H3. The lowest BCUT2D eigenvalue weighted by atomic mass is 10.3. The molecule has 0 bridgehead atoms. The van der Waals surface area contributed by atoms with Crippen molar-refractivity contribution in [3.63, 3.8) is 0 Å². The number of hydrogen-bond donors (Lipinski definition) is 1. The van der Waals surface area contributed by atoms with Crippen molar-refractivity contribution >= 4 is 50.5 Å². The number of hydrogen-bond acceptors (Lipinski definition) is 4. The first-order valence-electron chi connectivity index (χ1n) is 5.45. The maximum Gasteiger partial charge on any atom is 0.140 e. The van der Waals surface area contributed by atoms with Gasteiger partial charge in [0.1, 0.15) is 17.4 Å². The molecular formula is C12H11BrCl2N2OS. The van der Waals surface area contributed by atoms with E-state index in [1.54, 1.807) is 23.5 Å². The molecule has 0 saturated heterocycles. The van der Waals surface area contributed by atoms with Crippen molar-refractivity contribution in [1.82, 2.24) is 10.3 Å². The molecule has 0 fully saturated rings. The van der Waals surface area contributed by atoms with E-state index in [0.717, 1.165) is 21.7 Å². The van der Waals surface area contributed by atoms with E-state index < -0.39 is 0 Å². The van der Waals surface area contributed by atoms with Gasteiger partial charge in [0.2, 0.25) is 0 Å². The monoisotopic (exact) mass is 380 g/mol. The molecule has 0 aliphatic carbocycles. The second-order valence-electron chi connectivity index (χ2n) is 3.75. The van der Waals surface area contributed by atoms with Crippen molar-refractivity contribution < 1.29 is 4.74 Å². The maximum absolute atomic E-state index is 6.08. The first-order chi connectivity index (χ1) is 9.10. The molecule has 1 aromatic heterocycles. The molecule has 2 aromatic rings. The van der Waals surface area contributed by atoms with Crippen molar-refractivity contribution in [2.75, 3.05) is 7.05 Å². The van der Waals surface area contributed by atoms with E-state index in [-0.39, 0.29) is 0 Å². The second kappa shape index (κ2) is 6.90. The lowest BCUT2D eigenvalue weighted by Crippen LogP contribution is -2.05. The summed E-state index contributed by atoms with van der Waals surface area (Å²) in [5.74, 6) is 0.554. The lowest BCUT2D eigenvalue weighted by Gasteiger charge is -2.08. The SMILES string of the molecule is CNCc1nc(COc2cc(Cl)c(Br)cc2Cl)cs1. The van der Waals surface area contributed by atoms with Crippen molar-refractivity contribution in [2.45, 2.75) is 13.2 Å². The molecule has 0 amide bonds. The van der Waals surface area contributed by atoms with Gasteiger partial charge < -0.3 is 10.1 Å². The summed E-state index contributed by atoms with van der Waals surface area (Å²) in [7, 11) is 1.89.